The molecule has 0 bridgehead atoms. The zero-order chi connectivity index (χ0) is 14.4. The van der Waals surface area contributed by atoms with Crippen LogP contribution in [-0.4, -0.2) is 13.2 Å². The van der Waals surface area contributed by atoms with Crippen LogP contribution in [0, 0.1) is 6.92 Å². The summed E-state index contributed by atoms with van der Waals surface area (Å²) in [5, 5.41) is 0. The van der Waals surface area contributed by atoms with E-state index in [-0.39, 0.29) is 6.10 Å². The molecule has 3 nitrogen and oxygen atoms in total. The third kappa shape index (κ3) is 3.74. The second-order valence-corrected chi connectivity index (χ2v) is 5.91. The third-order valence-electron chi connectivity index (χ3n) is 2.87. The van der Waals surface area contributed by atoms with E-state index in [2.05, 4.69) is 26.0 Å². The molecule has 2 aromatic rings. The monoisotopic (exact) mass is 291 g/mol. The predicted octanol–water partition coefficient (Wildman–Crippen LogP) is 3.92. The van der Waals surface area contributed by atoms with E-state index in [9.17, 15) is 0 Å². The number of ether oxygens (including phenoxy) is 2. The highest BCUT2D eigenvalue weighted by atomic mass is 32.1. The summed E-state index contributed by atoms with van der Waals surface area (Å²) in [4.78, 5) is 2.41. The summed E-state index contributed by atoms with van der Waals surface area (Å²) in [7, 11) is 0. The highest BCUT2D eigenvalue weighted by Gasteiger charge is 2.15. The molecule has 0 fully saturated rings. The molecule has 2 N–H and O–H groups in total. The van der Waals surface area contributed by atoms with Gasteiger partial charge in [0, 0.05) is 16.3 Å². The molecule has 0 amide bonds. The molecule has 2 rings (SSSR count). The Morgan fingerprint density at radius 3 is 2.50 bits per heavy atom. The zero-order valence-corrected chi connectivity index (χ0v) is 12.8. The Balaban J connectivity index is 2.15. The second kappa shape index (κ2) is 7.31. The Hall–Kier alpha value is -1.52. The van der Waals surface area contributed by atoms with Crippen molar-refractivity contribution < 1.29 is 9.47 Å². The molecule has 108 valence electrons. The fraction of sp³-hybridized carbons (Fsp3) is 0.375. The van der Waals surface area contributed by atoms with E-state index in [0.717, 1.165) is 22.8 Å². The van der Waals surface area contributed by atoms with Gasteiger partial charge in [0.25, 0.3) is 0 Å². The summed E-state index contributed by atoms with van der Waals surface area (Å²) in [6, 6.07) is 11.9. The van der Waals surface area contributed by atoms with Gasteiger partial charge in [-0.15, -0.1) is 11.3 Å². The molecule has 20 heavy (non-hydrogen) atoms. The number of hydrogen-bond donors (Lipinski definition) is 1. The van der Waals surface area contributed by atoms with Gasteiger partial charge in [0.15, 0.2) is 11.5 Å². The smallest absolute Gasteiger partial charge is 0.162 e. The van der Waals surface area contributed by atoms with Crippen LogP contribution in [0.25, 0.3) is 0 Å². The Kier molecular flexibility index (Phi) is 5.44. The lowest BCUT2D eigenvalue weighted by Gasteiger charge is -2.18. The number of rotatable bonds is 7. The number of nitrogens with two attached hydrogens (primary N) is 1. The standard InChI is InChI=1S/C16H21NO2S/c1-3-10-18-13-6-4-5-7-14(13)19-15(11-17)16-9-8-12(2)20-16/h4-9,15H,3,10-11,17H2,1-2H3. The van der Waals surface area contributed by atoms with Crippen LogP contribution < -0.4 is 15.2 Å². The Morgan fingerprint density at radius 2 is 1.90 bits per heavy atom. The van der Waals surface area contributed by atoms with Crippen molar-refractivity contribution in [3.63, 3.8) is 0 Å². The maximum absolute atomic E-state index is 6.05. The largest absolute Gasteiger partial charge is 0.490 e. The van der Waals surface area contributed by atoms with Gasteiger partial charge in [-0.25, -0.2) is 0 Å². The third-order valence-corrected chi connectivity index (χ3v) is 3.97. The van der Waals surface area contributed by atoms with Gasteiger partial charge < -0.3 is 15.2 Å². The maximum atomic E-state index is 6.05. The quantitative estimate of drug-likeness (QED) is 0.840. The van der Waals surface area contributed by atoms with Crippen LogP contribution in [0.15, 0.2) is 36.4 Å². The lowest BCUT2D eigenvalue weighted by Crippen LogP contribution is -2.17. The summed E-state index contributed by atoms with van der Waals surface area (Å²) in [5.74, 6) is 1.53. The van der Waals surface area contributed by atoms with E-state index in [1.54, 1.807) is 11.3 Å². The van der Waals surface area contributed by atoms with Gasteiger partial charge in [-0.3, -0.25) is 0 Å². The maximum Gasteiger partial charge on any atom is 0.162 e. The molecular weight excluding hydrogens is 270 g/mol. The normalized spacial score (nSPS) is 12.2. The van der Waals surface area contributed by atoms with Crippen molar-refractivity contribution in [3.05, 3.63) is 46.2 Å². The Labute approximate surface area is 124 Å². The van der Waals surface area contributed by atoms with Crippen LogP contribution >= 0.6 is 11.3 Å². The van der Waals surface area contributed by atoms with Crippen LogP contribution in [0.4, 0.5) is 0 Å². The number of thiophene rings is 1. The first-order valence-corrected chi connectivity index (χ1v) is 7.71. The average molecular weight is 291 g/mol. The van der Waals surface area contributed by atoms with Crippen LogP contribution in [0.5, 0.6) is 11.5 Å². The molecule has 0 saturated heterocycles. The number of para-hydroxylation sites is 2. The molecular formula is C16H21NO2S. The summed E-state index contributed by atoms with van der Waals surface area (Å²) in [5.41, 5.74) is 5.85. The fourth-order valence-corrected chi connectivity index (χ4v) is 2.80. The van der Waals surface area contributed by atoms with Crippen molar-refractivity contribution in [2.75, 3.05) is 13.2 Å². The number of aryl methyl sites for hydroxylation is 1. The number of benzene rings is 1. The lowest BCUT2D eigenvalue weighted by atomic mass is 10.2. The predicted molar refractivity (Wildman–Crippen MR) is 83.7 cm³/mol. The van der Waals surface area contributed by atoms with E-state index in [0.29, 0.717) is 13.2 Å². The van der Waals surface area contributed by atoms with E-state index in [1.807, 2.05) is 24.3 Å². The molecule has 0 aliphatic rings. The molecule has 0 saturated carbocycles. The molecule has 1 atom stereocenters. The van der Waals surface area contributed by atoms with Crippen molar-refractivity contribution in [2.45, 2.75) is 26.4 Å². The van der Waals surface area contributed by atoms with Gasteiger partial charge in [0.2, 0.25) is 0 Å². The van der Waals surface area contributed by atoms with E-state index >= 15 is 0 Å². The minimum Gasteiger partial charge on any atom is -0.490 e. The van der Waals surface area contributed by atoms with Gasteiger partial charge >= 0.3 is 0 Å². The summed E-state index contributed by atoms with van der Waals surface area (Å²) in [6.07, 6.45) is 0.846. The van der Waals surface area contributed by atoms with Crippen molar-refractivity contribution in [1.29, 1.82) is 0 Å². The van der Waals surface area contributed by atoms with Crippen molar-refractivity contribution in [1.82, 2.24) is 0 Å². The highest BCUT2D eigenvalue weighted by Crippen LogP contribution is 2.32. The SMILES string of the molecule is CCCOc1ccccc1OC(CN)c1ccc(C)s1. The second-order valence-electron chi connectivity index (χ2n) is 4.59. The van der Waals surface area contributed by atoms with Gasteiger partial charge in [0.1, 0.15) is 6.10 Å². The van der Waals surface area contributed by atoms with Gasteiger partial charge in [-0.05, 0) is 37.6 Å². The summed E-state index contributed by atoms with van der Waals surface area (Å²) in [6.45, 7) is 5.30. The molecule has 0 spiro atoms. The molecule has 1 aromatic carbocycles. The van der Waals surface area contributed by atoms with Crippen LogP contribution in [-0.2, 0) is 0 Å². The Bertz CT molecular complexity index is 539. The first-order chi connectivity index (χ1) is 9.74. The minimum absolute atomic E-state index is 0.125. The average Bonchev–Trinajstić information content (AvgIpc) is 2.90. The first kappa shape index (κ1) is 14.9. The van der Waals surface area contributed by atoms with Gasteiger partial charge in [0.05, 0.1) is 6.61 Å². The molecule has 4 heteroatoms. The Morgan fingerprint density at radius 1 is 1.15 bits per heavy atom. The molecule has 0 aliphatic carbocycles. The molecule has 0 aliphatic heterocycles. The van der Waals surface area contributed by atoms with Crippen molar-refractivity contribution in [3.8, 4) is 11.5 Å². The summed E-state index contributed by atoms with van der Waals surface area (Å²) < 4.78 is 11.8. The first-order valence-electron chi connectivity index (χ1n) is 6.89. The van der Waals surface area contributed by atoms with Crippen molar-refractivity contribution >= 4 is 11.3 Å². The molecule has 1 aromatic heterocycles. The van der Waals surface area contributed by atoms with Crippen LogP contribution in [0.1, 0.15) is 29.2 Å². The van der Waals surface area contributed by atoms with E-state index in [4.69, 9.17) is 15.2 Å². The topological polar surface area (TPSA) is 44.5 Å². The molecule has 1 unspecified atom stereocenters. The fourth-order valence-electron chi connectivity index (χ4n) is 1.88. The van der Waals surface area contributed by atoms with E-state index < -0.39 is 0 Å². The van der Waals surface area contributed by atoms with Crippen LogP contribution in [0.2, 0.25) is 0 Å². The van der Waals surface area contributed by atoms with E-state index in [1.165, 1.54) is 4.88 Å². The van der Waals surface area contributed by atoms with Gasteiger partial charge in [-0.1, -0.05) is 19.1 Å². The van der Waals surface area contributed by atoms with Crippen molar-refractivity contribution in [2.24, 2.45) is 5.73 Å². The van der Waals surface area contributed by atoms with Gasteiger partial charge in [-0.2, -0.15) is 0 Å². The van der Waals surface area contributed by atoms with Crippen LogP contribution in [0.3, 0.4) is 0 Å². The summed E-state index contributed by atoms with van der Waals surface area (Å²) >= 11 is 1.72. The highest BCUT2D eigenvalue weighted by molar-refractivity contribution is 7.12. The molecule has 0 radical (unpaired) electrons. The zero-order valence-electron chi connectivity index (χ0n) is 12.0. The number of hydrogen-bond acceptors (Lipinski definition) is 4. The minimum atomic E-state index is -0.125. The molecule has 1 heterocycles. The lowest BCUT2D eigenvalue weighted by molar-refractivity contribution is 0.201.